The van der Waals surface area contributed by atoms with Crippen LogP contribution >= 0.6 is 0 Å². The lowest BCUT2D eigenvalue weighted by atomic mass is 9.91. The molecule has 0 radical (unpaired) electrons. The van der Waals surface area contributed by atoms with Gasteiger partial charge in [-0.1, -0.05) is 0 Å². The van der Waals surface area contributed by atoms with Gasteiger partial charge in [-0.25, -0.2) is 0 Å². The van der Waals surface area contributed by atoms with Gasteiger partial charge in [0.1, 0.15) is 5.78 Å². The highest BCUT2D eigenvalue weighted by Gasteiger charge is 2.30. The van der Waals surface area contributed by atoms with Gasteiger partial charge >= 0.3 is 0 Å². The van der Waals surface area contributed by atoms with E-state index in [1.165, 1.54) is 6.42 Å². The highest BCUT2D eigenvalue weighted by atomic mass is 16.5. The van der Waals surface area contributed by atoms with Crippen molar-refractivity contribution in [3.63, 3.8) is 0 Å². The van der Waals surface area contributed by atoms with Crippen molar-refractivity contribution < 1.29 is 9.53 Å². The van der Waals surface area contributed by atoms with E-state index in [1.54, 1.807) is 0 Å². The summed E-state index contributed by atoms with van der Waals surface area (Å²) >= 11 is 0. The average molecular weight is 140 g/mol. The predicted molar refractivity (Wildman–Crippen MR) is 36.8 cm³/mol. The zero-order valence-electron chi connectivity index (χ0n) is 6.01. The van der Waals surface area contributed by atoms with E-state index in [1.807, 2.05) is 0 Å². The van der Waals surface area contributed by atoms with Gasteiger partial charge in [0, 0.05) is 12.8 Å². The van der Waals surface area contributed by atoms with Gasteiger partial charge in [-0.3, -0.25) is 4.79 Å². The normalized spacial score (nSPS) is 39.8. The van der Waals surface area contributed by atoms with Gasteiger partial charge in [0.2, 0.25) is 0 Å². The monoisotopic (exact) mass is 140 g/mol. The highest BCUT2D eigenvalue weighted by molar-refractivity contribution is 5.80. The number of fused-ring (bicyclic) bond motifs is 2. The standard InChI is InChI=1S/C8H12O2/c9-6-4-7-2-1-3-8(5-6)10-7/h7-8H,1-5H2/t7-,8+. The Hall–Kier alpha value is -0.370. The van der Waals surface area contributed by atoms with Crippen LogP contribution in [0, 0.1) is 0 Å². The van der Waals surface area contributed by atoms with Crippen LogP contribution in [0.1, 0.15) is 32.1 Å². The van der Waals surface area contributed by atoms with Crippen LogP contribution in [0.5, 0.6) is 0 Å². The van der Waals surface area contributed by atoms with Crippen LogP contribution in [0.4, 0.5) is 0 Å². The second kappa shape index (κ2) is 2.35. The summed E-state index contributed by atoms with van der Waals surface area (Å²) in [6.07, 6.45) is 5.36. The van der Waals surface area contributed by atoms with Crippen LogP contribution in [0.15, 0.2) is 0 Å². The Morgan fingerprint density at radius 1 is 1.20 bits per heavy atom. The SMILES string of the molecule is O=C1C[C@H]2CCC[C@@H](C1)O2. The third kappa shape index (κ3) is 1.08. The molecule has 2 rings (SSSR count). The van der Waals surface area contributed by atoms with Crippen LogP contribution in [-0.2, 0) is 9.53 Å². The molecule has 0 unspecified atom stereocenters. The number of carbonyl (C=O) groups excluding carboxylic acids is 1. The number of carbonyl (C=O) groups is 1. The molecule has 2 atom stereocenters. The Balaban J connectivity index is 2.05. The molecule has 2 heterocycles. The summed E-state index contributed by atoms with van der Waals surface area (Å²) in [6, 6.07) is 0. The minimum Gasteiger partial charge on any atom is -0.374 e. The zero-order chi connectivity index (χ0) is 6.97. The summed E-state index contributed by atoms with van der Waals surface area (Å²) in [7, 11) is 0. The van der Waals surface area contributed by atoms with E-state index >= 15 is 0 Å². The number of rotatable bonds is 0. The van der Waals surface area contributed by atoms with E-state index in [0.29, 0.717) is 18.6 Å². The molecular formula is C8H12O2. The molecule has 2 aliphatic rings. The average Bonchev–Trinajstić information content (AvgIpc) is 1.85. The summed E-state index contributed by atoms with van der Waals surface area (Å²) in [5.74, 6) is 0.404. The van der Waals surface area contributed by atoms with Crippen molar-refractivity contribution in [2.24, 2.45) is 0 Å². The zero-order valence-corrected chi connectivity index (χ0v) is 6.01. The first-order valence-electron chi connectivity index (χ1n) is 4.02. The fraction of sp³-hybridized carbons (Fsp3) is 0.875. The maximum absolute atomic E-state index is 11.0. The molecule has 2 aliphatic heterocycles. The molecule has 2 saturated heterocycles. The Labute approximate surface area is 60.6 Å². The molecule has 0 amide bonds. The van der Waals surface area contributed by atoms with E-state index in [9.17, 15) is 4.79 Å². The van der Waals surface area contributed by atoms with Crippen LogP contribution < -0.4 is 0 Å². The Kier molecular flexibility index (Phi) is 1.49. The van der Waals surface area contributed by atoms with E-state index in [4.69, 9.17) is 4.74 Å². The first-order chi connectivity index (χ1) is 4.84. The van der Waals surface area contributed by atoms with E-state index in [0.717, 1.165) is 12.8 Å². The molecule has 0 saturated carbocycles. The molecule has 2 heteroatoms. The van der Waals surface area contributed by atoms with Crippen LogP contribution in [-0.4, -0.2) is 18.0 Å². The van der Waals surface area contributed by atoms with Gasteiger partial charge in [0.05, 0.1) is 12.2 Å². The van der Waals surface area contributed by atoms with E-state index in [-0.39, 0.29) is 12.2 Å². The maximum Gasteiger partial charge on any atom is 0.138 e. The van der Waals surface area contributed by atoms with Crippen LogP contribution in [0.3, 0.4) is 0 Å². The molecular weight excluding hydrogens is 128 g/mol. The quantitative estimate of drug-likeness (QED) is 0.506. The molecule has 10 heavy (non-hydrogen) atoms. The molecule has 0 aromatic rings. The Morgan fingerprint density at radius 3 is 2.40 bits per heavy atom. The van der Waals surface area contributed by atoms with Gasteiger partial charge in [0.25, 0.3) is 0 Å². The lowest BCUT2D eigenvalue weighted by Gasteiger charge is -2.33. The fourth-order valence-electron chi connectivity index (χ4n) is 1.87. The van der Waals surface area contributed by atoms with Crippen molar-refractivity contribution in [3.05, 3.63) is 0 Å². The summed E-state index contributed by atoms with van der Waals surface area (Å²) in [6.45, 7) is 0. The van der Waals surface area contributed by atoms with Gasteiger partial charge < -0.3 is 4.74 Å². The molecule has 0 aliphatic carbocycles. The van der Waals surface area contributed by atoms with Gasteiger partial charge in [-0.2, -0.15) is 0 Å². The number of ketones is 1. The molecule has 0 aromatic heterocycles. The minimum atomic E-state index is 0.278. The molecule has 2 bridgehead atoms. The summed E-state index contributed by atoms with van der Waals surface area (Å²) in [4.78, 5) is 11.0. The molecule has 0 spiro atoms. The van der Waals surface area contributed by atoms with Crippen molar-refractivity contribution in [3.8, 4) is 0 Å². The Morgan fingerprint density at radius 2 is 1.80 bits per heavy atom. The first kappa shape index (κ1) is 6.35. The lowest BCUT2D eigenvalue weighted by molar-refractivity contribution is -0.141. The van der Waals surface area contributed by atoms with Gasteiger partial charge in [0.15, 0.2) is 0 Å². The summed E-state index contributed by atoms with van der Waals surface area (Å²) < 4.78 is 5.57. The summed E-state index contributed by atoms with van der Waals surface area (Å²) in [5.41, 5.74) is 0. The molecule has 0 N–H and O–H groups in total. The maximum atomic E-state index is 11.0. The molecule has 56 valence electrons. The van der Waals surface area contributed by atoms with Gasteiger partial charge in [-0.05, 0) is 19.3 Å². The number of Topliss-reactive ketones (excluding diaryl/α,β-unsaturated/α-hetero) is 1. The largest absolute Gasteiger partial charge is 0.374 e. The third-order valence-electron chi connectivity index (χ3n) is 2.35. The number of hydrogen-bond acceptors (Lipinski definition) is 2. The van der Waals surface area contributed by atoms with Crippen LogP contribution in [0.2, 0.25) is 0 Å². The van der Waals surface area contributed by atoms with Gasteiger partial charge in [-0.15, -0.1) is 0 Å². The third-order valence-corrected chi connectivity index (χ3v) is 2.35. The predicted octanol–water partition coefficient (Wildman–Crippen LogP) is 1.29. The topological polar surface area (TPSA) is 26.3 Å². The molecule has 0 aromatic carbocycles. The smallest absolute Gasteiger partial charge is 0.138 e. The van der Waals surface area contributed by atoms with Crippen LogP contribution in [0.25, 0.3) is 0 Å². The number of hydrogen-bond donors (Lipinski definition) is 0. The second-order valence-corrected chi connectivity index (χ2v) is 3.26. The lowest BCUT2D eigenvalue weighted by Crippen LogP contribution is -2.36. The van der Waals surface area contributed by atoms with Crippen molar-refractivity contribution in [2.75, 3.05) is 0 Å². The number of ether oxygens (including phenoxy) is 1. The van der Waals surface area contributed by atoms with E-state index < -0.39 is 0 Å². The van der Waals surface area contributed by atoms with E-state index in [2.05, 4.69) is 0 Å². The van der Waals surface area contributed by atoms with Crippen molar-refractivity contribution in [1.29, 1.82) is 0 Å². The van der Waals surface area contributed by atoms with Crippen molar-refractivity contribution >= 4 is 5.78 Å². The first-order valence-corrected chi connectivity index (χ1v) is 4.02. The van der Waals surface area contributed by atoms with Crippen molar-refractivity contribution in [2.45, 2.75) is 44.3 Å². The highest BCUT2D eigenvalue weighted by Crippen LogP contribution is 2.28. The molecule has 2 nitrogen and oxygen atoms in total. The fourth-order valence-corrected chi connectivity index (χ4v) is 1.87. The Bertz CT molecular complexity index is 139. The summed E-state index contributed by atoms with van der Waals surface area (Å²) in [5, 5.41) is 0. The van der Waals surface area contributed by atoms with Crippen molar-refractivity contribution in [1.82, 2.24) is 0 Å². The minimum absolute atomic E-state index is 0.278. The second-order valence-electron chi connectivity index (χ2n) is 3.26. The molecule has 2 fully saturated rings.